The van der Waals surface area contributed by atoms with Crippen molar-refractivity contribution in [3.8, 4) is 17.2 Å². The quantitative estimate of drug-likeness (QED) is 0.595. The van der Waals surface area contributed by atoms with Crippen molar-refractivity contribution in [2.45, 2.75) is 26.6 Å². The van der Waals surface area contributed by atoms with Crippen molar-refractivity contribution in [2.75, 3.05) is 14.2 Å². The van der Waals surface area contributed by atoms with E-state index in [-0.39, 0.29) is 0 Å². The van der Waals surface area contributed by atoms with E-state index in [4.69, 9.17) is 14.2 Å². The van der Waals surface area contributed by atoms with Gasteiger partial charge < -0.3 is 19.5 Å². The van der Waals surface area contributed by atoms with E-state index in [0.29, 0.717) is 13.2 Å². The number of aryl methyl sites for hydroxylation is 1. The lowest BCUT2D eigenvalue weighted by atomic mass is 10.2. The van der Waals surface area contributed by atoms with E-state index in [0.717, 1.165) is 40.1 Å². The number of hydrogen-bond acceptors (Lipinski definition) is 6. The number of hydrogen-bond donors (Lipinski definition) is 1. The lowest BCUT2D eigenvalue weighted by molar-refractivity contribution is 0.305. The van der Waals surface area contributed by atoms with E-state index < -0.39 is 0 Å². The van der Waals surface area contributed by atoms with Crippen LogP contribution in [0.15, 0.2) is 47.8 Å². The normalized spacial score (nSPS) is 10.6. The summed E-state index contributed by atoms with van der Waals surface area (Å²) in [7, 11) is 3.28. The number of methoxy groups -OCH3 is 2. The summed E-state index contributed by atoms with van der Waals surface area (Å²) in [5.41, 5.74) is 3.37. The predicted molar refractivity (Wildman–Crippen MR) is 108 cm³/mol. The lowest BCUT2D eigenvalue weighted by Crippen LogP contribution is -2.13. The fourth-order valence-electron chi connectivity index (χ4n) is 2.60. The van der Waals surface area contributed by atoms with Crippen LogP contribution in [0.3, 0.4) is 0 Å². The number of aromatic nitrogens is 1. The highest BCUT2D eigenvalue weighted by Crippen LogP contribution is 2.27. The first kappa shape index (κ1) is 19.2. The van der Waals surface area contributed by atoms with Gasteiger partial charge in [-0.1, -0.05) is 23.8 Å². The summed E-state index contributed by atoms with van der Waals surface area (Å²) < 4.78 is 16.4. The molecule has 0 fully saturated rings. The van der Waals surface area contributed by atoms with Crippen molar-refractivity contribution in [1.29, 1.82) is 0 Å². The van der Waals surface area contributed by atoms with Crippen LogP contribution >= 0.6 is 11.3 Å². The molecule has 2 aromatic carbocycles. The molecular weight excluding hydrogens is 360 g/mol. The summed E-state index contributed by atoms with van der Waals surface area (Å²) in [4.78, 5) is 4.62. The summed E-state index contributed by atoms with van der Waals surface area (Å²) in [6.45, 7) is 3.98. The predicted octanol–water partition coefficient (Wildman–Crippen LogP) is 4.34. The zero-order valence-corrected chi connectivity index (χ0v) is 16.6. The molecule has 0 spiro atoms. The Bertz CT molecular complexity index is 862. The molecule has 5 nitrogen and oxygen atoms in total. The Kier molecular flexibility index (Phi) is 6.68. The second kappa shape index (κ2) is 9.39. The molecule has 0 bridgehead atoms. The Morgan fingerprint density at radius 2 is 1.74 bits per heavy atom. The third kappa shape index (κ3) is 5.45. The Labute approximate surface area is 163 Å². The van der Waals surface area contributed by atoms with Gasteiger partial charge in [-0.05, 0) is 36.8 Å². The summed E-state index contributed by atoms with van der Waals surface area (Å²) >= 11 is 1.62. The van der Waals surface area contributed by atoms with Gasteiger partial charge in [0.2, 0.25) is 0 Å². The monoisotopic (exact) mass is 384 g/mol. The molecule has 0 amide bonds. The first-order valence-electron chi connectivity index (χ1n) is 8.72. The van der Waals surface area contributed by atoms with Crippen LogP contribution in [0.2, 0.25) is 0 Å². The molecule has 1 aromatic heterocycles. The molecule has 1 heterocycles. The van der Waals surface area contributed by atoms with Crippen LogP contribution in [0, 0.1) is 6.92 Å². The minimum atomic E-state index is 0.489. The molecule has 0 unspecified atom stereocenters. The summed E-state index contributed by atoms with van der Waals surface area (Å²) in [5, 5.41) is 6.44. The van der Waals surface area contributed by atoms with Crippen molar-refractivity contribution in [2.24, 2.45) is 0 Å². The van der Waals surface area contributed by atoms with Crippen molar-refractivity contribution < 1.29 is 14.2 Å². The van der Waals surface area contributed by atoms with Gasteiger partial charge in [0.25, 0.3) is 0 Å². The van der Waals surface area contributed by atoms with E-state index in [1.54, 1.807) is 25.6 Å². The maximum atomic E-state index is 5.78. The molecule has 142 valence electrons. The van der Waals surface area contributed by atoms with Crippen LogP contribution in [0.1, 0.15) is 21.8 Å². The average Bonchev–Trinajstić information content (AvgIpc) is 3.15. The zero-order chi connectivity index (χ0) is 19.1. The van der Waals surface area contributed by atoms with Crippen LogP contribution in [0.25, 0.3) is 0 Å². The smallest absolute Gasteiger partial charge is 0.161 e. The molecule has 0 aliphatic heterocycles. The molecule has 27 heavy (non-hydrogen) atoms. The standard InChI is InChI=1S/C21H24N2O3S/c1-15-4-7-18(8-5-15)26-13-21-23-17(14-27-21)12-22-11-16-6-9-19(24-2)20(10-16)25-3/h4-10,14,22H,11-13H2,1-3H3. The van der Waals surface area contributed by atoms with Crippen LogP contribution in [-0.2, 0) is 19.7 Å². The van der Waals surface area contributed by atoms with Crippen LogP contribution in [0.5, 0.6) is 17.2 Å². The molecular formula is C21H24N2O3S. The highest BCUT2D eigenvalue weighted by Gasteiger charge is 2.06. The average molecular weight is 385 g/mol. The molecule has 0 aliphatic carbocycles. The number of ether oxygens (including phenoxy) is 3. The van der Waals surface area contributed by atoms with E-state index in [1.807, 2.05) is 42.5 Å². The van der Waals surface area contributed by atoms with Crippen LogP contribution < -0.4 is 19.5 Å². The highest BCUT2D eigenvalue weighted by molar-refractivity contribution is 7.09. The van der Waals surface area contributed by atoms with E-state index in [2.05, 4.69) is 22.6 Å². The second-order valence-electron chi connectivity index (χ2n) is 6.13. The number of nitrogens with one attached hydrogen (secondary N) is 1. The van der Waals surface area contributed by atoms with Gasteiger partial charge in [-0.15, -0.1) is 11.3 Å². The number of rotatable bonds is 9. The van der Waals surface area contributed by atoms with Gasteiger partial charge in [0.1, 0.15) is 17.4 Å². The highest BCUT2D eigenvalue weighted by atomic mass is 32.1. The number of thiazole rings is 1. The maximum Gasteiger partial charge on any atom is 0.161 e. The lowest BCUT2D eigenvalue weighted by Gasteiger charge is -2.10. The first-order valence-corrected chi connectivity index (χ1v) is 9.60. The molecule has 3 rings (SSSR count). The van der Waals surface area contributed by atoms with Crippen molar-refractivity contribution in [3.05, 3.63) is 69.7 Å². The maximum absolute atomic E-state index is 5.78. The minimum Gasteiger partial charge on any atom is -0.493 e. The third-order valence-corrected chi connectivity index (χ3v) is 4.94. The van der Waals surface area contributed by atoms with Gasteiger partial charge in [0, 0.05) is 18.5 Å². The Hall–Kier alpha value is -2.57. The first-order chi connectivity index (χ1) is 13.2. The largest absolute Gasteiger partial charge is 0.493 e. The van der Waals surface area contributed by atoms with Crippen molar-refractivity contribution >= 4 is 11.3 Å². The fourth-order valence-corrected chi connectivity index (χ4v) is 3.31. The Morgan fingerprint density at radius 1 is 0.963 bits per heavy atom. The van der Waals surface area contributed by atoms with Crippen LogP contribution in [-0.4, -0.2) is 19.2 Å². The van der Waals surface area contributed by atoms with E-state index in [9.17, 15) is 0 Å². The van der Waals surface area contributed by atoms with Gasteiger partial charge in [-0.3, -0.25) is 0 Å². The second-order valence-corrected chi connectivity index (χ2v) is 7.07. The molecule has 0 saturated carbocycles. The van der Waals surface area contributed by atoms with Crippen molar-refractivity contribution in [3.63, 3.8) is 0 Å². The Balaban J connectivity index is 1.47. The molecule has 1 N–H and O–H groups in total. The summed E-state index contributed by atoms with van der Waals surface area (Å²) in [6.07, 6.45) is 0. The fraction of sp³-hybridized carbons (Fsp3) is 0.286. The molecule has 3 aromatic rings. The molecule has 0 atom stereocenters. The van der Waals surface area contributed by atoms with Gasteiger partial charge in [0.15, 0.2) is 11.5 Å². The van der Waals surface area contributed by atoms with Crippen molar-refractivity contribution in [1.82, 2.24) is 10.3 Å². The molecule has 0 saturated heterocycles. The SMILES string of the molecule is COc1ccc(CNCc2csc(COc3ccc(C)cc3)n2)cc1OC. The zero-order valence-electron chi connectivity index (χ0n) is 15.8. The number of benzene rings is 2. The Morgan fingerprint density at radius 3 is 2.48 bits per heavy atom. The van der Waals surface area contributed by atoms with Crippen LogP contribution in [0.4, 0.5) is 0 Å². The molecule has 0 aliphatic rings. The van der Waals surface area contributed by atoms with E-state index >= 15 is 0 Å². The number of nitrogens with zero attached hydrogens (tertiary/aromatic N) is 1. The van der Waals surface area contributed by atoms with Gasteiger partial charge in [-0.25, -0.2) is 4.98 Å². The topological polar surface area (TPSA) is 52.6 Å². The third-order valence-electron chi connectivity index (χ3n) is 4.07. The van der Waals surface area contributed by atoms with Gasteiger partial charge >= 0.3 is 0 Å². The molecule has 0 radical (unpaired) electrons. The van der Waals surface area contributed by atoms with Gasteiger partial charge in [-0.2, -0.15) is 0 Å². The summed E-state index contributed by atoms with van der Waals surface area (Å²) in [5.74, 6) is 2.34. The summed E-state index contributed by atoms with van der Waals surface area (Å²) in [6, 6.07) is 14.0. The van der Waals surface area contributed by atoms with E-state index in [1.165, 1.54) is 5.56 Å². The minimum absolute atomic E-state index is 0.489. The molecule has 6 heteroatoms. The van der Waals surface area contributed by atoms with Gasteiger partial charge in [0.05, 0.1) is 19.9 Å².